The van der Waals surface area contributed by atoms with Crippen molar-refractivity contribution in [1.82, 2.24) is 9.59 Å². The summed E-state index contributed by atoms with van der Waals surface area (Å²) >= 11 is 1.19. The van der Waals surface area contributed by atoms with Crippen LogP contribution in [-0.2, 0) is 0 Å². The highest BCUT2D eigenvalue weighted by Gasteiger charge is 1.92. The number of hydroxylamine groups is 1. The molecule has 0 amide bonds. The van der Waals surface area contributed by atoms with Gasteiger partial charge in [0.15, 0.2) is 6.21 Å². The molecule has 0 aliphatic rings. The van der Waals surface area contributed by atoms with Gasteiger partial charge in [0.1, 0.15) is 11.9 Å². The molecule has 1 aromatic rings. The summed E-state index contributed by atoms with van der Waals surface area (Å²) < 4.78 is 4.29. The molecule has 0 aromatic carbocycles. The standard InChI is InChI=1S/C4H5N3OS/c1-7(8)3-4-2-5-6-9-4/h2-3H,1H3/b7-3-. The molecule has 0 atom stereocenters. The van der Waals surface area contributed by atoms with Crippen molar-refractivity contribution in [2.45, 2.75) is 0 Å². The average Bonchev–Trinajstić information content (AvgIpc) is 2.15. The molecule has 0 fully saturated rings. The minimum atomic E-state index is 0.717. The second-order valence-corrected chi connectivity index (χ2v) is 2.31. The summed E-state index contributed by atoms with van der Waals surface area (Å²) in [6.07, 6.45) is 2.96. The van der Waals surface area contributed by atoms with Gasteiger partial charge in [0.2, 0.25) is 0 Å². The molecule has 0 bridgehead atoms. The highest BCUT2D eigenvalue weighted by molar-refractivity contribution is 7.07. The fraction of sp³-hybridized carbons (Fsp3) is 0.250. The number of hydrogen-bond donors (Lipinski definition) is 0. The third kappa shape index (κ3) is 1.77. The Morgan fingerprint density at radius 1 is 1.89 bits per heavy atom. The first-order chi connectivity index (χ1) is 4.29. The third-order valence-corrected chi connectivity index (χ3v) is 1.28. The highest BCUT2D eigenvalue weighted by Crippen LogP contribution is 1.95. The monoisotopic (exact) mass is 143 g/mol. The van der Waals surface area contributed by atoms with Gasteiger partial charge in [-0.25, -0.2) is 4.74 Å². The summed E-state index contributed by atoms with van der Waals surface area (Å²) in [5.74, 6) is 0. The normalized spacial score (nSPS) is 11.9. The zero-order valence-corrected chi connectivity index (χ0v) is 5.63. The van der Waals surface area contributed by atoms with E-state index in [-0.39, 0.29) is 0 Å². The Hall–Kier alpha value is -0.970. The summed E-state index contributed by atoms with van der Waals surface area (Å²) in [6, 6.07) is 0. The molecule has 0 saturated carbocycles. The molecule has 0 spiro atoms. The highest BCUT2D eigenvalue weighted by atomic mass is 32.1. The van der Waals surface area contributed by atoms with Crippen LogP contribution in [0.2, 0.25) is 0 Å². The van der Waals surface area contributed by atoms with Crippen molar-refractivity contribution in [3.63, 3.8) is 0 Å². The maximum Gasteiger partial charge on any atom is 0.194 e. The van der Waals surface area contributed by atoms with Gasteiger partial charge in [0.05, 0.1) is 6.20 Å². The number of nitrogens with zero attached hydrogens (tertiary/aromatic N) is 3. The van der Waals surface area contributed by atoms with E-state index in [1.165, 1.54) is 24.8 Å². The van der Waals surface area contributed by atoms with Crippen LogP contribution in [0.1, 0.15) is 4.88 Å². The first-order valence-electron chi connectivity index (χ1n) is 2.31. The van der Waals surface area contributed by atoms with Crippen LogP contribution in [0.3, 0.4) is 0 Å². The van der Waals surface area contributed by atoms with Gasteiger partial charge in [-0.15, -0.1) is 5.10 Å². The lowest BCUT2D eigenvalue weighted by Crippen LogP contribution is -1.94. The zero-order chi connectivity index (χ0) is 6.69. The Bertz CT molecular complexity index is 202. The summed E-state index contributed by atoms with van der Waals surface area (Å²) in [4.78, 5) is 0.771. The van der Waals surface area contributed by atoms with E-state index in [0.29, 0.717) is 0 Å². The smallest absolute Gasteiger partial charge is 0.194 e. The Kier molecular flexibility index (Phi) is 1.74. The molecule has 0 radical (unpaired) electrons. The predicted molar refractivity (Wildman–Crippen MR) is 34.6 cm³/mol. The van der Waals surface area contributed by atoms with Gasteiger partial charge in [-0.2, -0.15) is 0 Å². The van der Waals surface area contributed by atoms with Crippen molar-refractivity contribution in [2.24, 2.45) is 0 Å². The van der Waals surface area contributed by atoms with E-state index >= 15 is 0 Å². The average molecular weight is 143 g/mol. The molecule has 1 heterocycles. The minimum absolute atomic E-state index is 0.717. The molecule has 0 aliphatic heterocycles. The summed E-state index contributed by atoms with van der Waals surface area (Å²) in [5, 5.41) is 13.9. The van der Waals surface area contributed by atoms with Crippen LogP contribution < -0.4 is 0 Å². The molecular formula is C4H5N3OS. The Balaban J connectivity index is 2.80. The molecule has 48 valence electrons. The van der Waals surface area contributed by atoms with Gasteiger partial charge >= 0.3 is 0 Å². The van der Waals surface area contributed by atoms with E-state index in [1.807, 2.05) is 0 Å². The molecule has 0 N–H and O–H groups in total. The fourth-order valence-corrected chi connectivity index (χ4v) is 0.889. The lowest BCUT2D eigenvalue weighted by molar-refractivity contribution is -0.416. The molecule has 1 aromatic heterocycles. The Morgan fingerprint density at radius 2 is 2.67 bits per heavy atom. The number of aromatic nitrogens is 2. The molecular weight excluding hydrogens is 138 g/mol. The second-order valence-electron chi connectivity index (χ2n) is 1.50. The van der Waals surface area contributed by atoms with Gasteiger partial charge < -0.3 is 5.21 Å². The van der Waals surface area contributed by atoms with Gasteiger partial charge in [-0.3, -0.25) is 0 Å². The van der Waals surface area contributed by atoms with Crippen molar-refractivity contribution in [2.75, 3.05) is 7.05 Å². The van der Waals surface area contributed by atoms with E-state index < -0.39 is 0 Å². The molecule has 9 heavy (non-hydrogen) atoms. The molecule has 0 saturated heterocycles. The third-order valence-electron chi connectivity index (χ3n) is 0.687. The van der Waals surface area contributed by atoms with E-state index in [9.17, 15) is 5.21 Å². The van der Waals surface area contributed by atoms with E-state index in [0.717, 1.165) is 9.62 Å². The van der Waals surface area contributed by atoms with E-state index in [1.54, 1.807) is 6.20 Å². The number of hydrogen-bond acceptors (Lipinski definition) is 4. The van der Waals surface area contributed by atoms with Crippen molar-refractivity contribution < 1.29 is 4.74 Å². The fourth-order valence-electron chi connectivity index (χ4n) is 0.411. The predicted octanol–water partition coefficient (Wildman–Crippen LogP) is 0.0971. The van der Waals surface area contributed by atoms with E-state index in [2.05, 4.69) is 9.59 Å². The van der Waals surface area contributed by atoms with Crippen molar-refractivity contribution in [3.05, 3.63) is 16.3 Å². The van der Waals surface area contributed by atoms with E-state index in [4.69, 9.17) is 0 Å². The summed E-state index contributed by atoms with van der Waals surface area (Å²) in [7, 11) is 1.42. The van der Waals surface area contributed by atoms with Gasteiger partial charge in [0.25, 0.3) is 0 Å². The second kappa shape index (κ2) is 2.54. The summed E-state index contributed by atoms with van der Waals surface area (Å²) in [6.45, 7) is 0. The lowest BCUT2D eigenvalue weighted by Gasteiger charge is -1.89. The van der Waals surface area contributed by atoms with Crippen LogP contribution in [0, 0.1) is 5.21 Å². The lowest BCUT2D eigenvalue weighted by atomic mass is 10.6. The number of rotatable bonds is 1. The van der Waals surface area contributed by atoms with Crippen LogP contribution in [0.15, 0.2) is 6.20 Å². The molecule has 0 aliphatic carbocycles. The maximum absolute atomic E-state index is 10.3. The van der Waals surface area contributed by atoms with Crippen molar-refractivity contribution >= 4 is 17.7 Å². The Labute approximate surface area is 56.2 Å². The van der Waals surface area contributed by atoms with Gasteiger partial charge in [0, 0.05) is 0 Å². The van der Waals surface area contributed by atoms with Crippen LogP contribution in [-0.4, -0.2) is 27.6 Å². The largest absolute Gasteiger partial charge is 0.624 e. The van der Waals surface area contributed by atoms with Gasteiger partial charge in [-0.1, -0.05) is 4.49 Å². The van der Waals surface area contributed by atoms with Crippen LogP contribution in [0.4, 0.5) is 0 Å². The quantitative estimate of drug-likeness (QED) is 0.242. The SMILES string of the molecule is C/[N+]([O-])=C/c1cnns1. The van der Waals surface area contributed by atoms with Gasteiger partial charge in [-0.05, 0) is 11.5 Å². The molecule has 0 unspecified atom stereocenters. The molecule has 4 nitrogen and oxygen atoms in total. The maximum atomic E-state index is 10.3. The Morgan fingerprint density at radius 3 is 3.11 bits per heavy atom. The molecule has 5 heteroatoms. The first kappa shape index (κ1) is 6.15. The van der Waals surface area contributed by atoms with Crippen LogP contribution in [0.5, 0.6) is 0 Å². The van der Waals surface area contributed by atoms with Crippen LogP contribution in [0.25, 0.3) is 0 Å². The van der Waals surface area contributed by atoms with Crippen LogP contribution >= 0.6 is 11.5 Å². The first-order valence-corrected chi connectivity index (χ1v) is 3.08. The zero-order valence-electron chi connectivity index (χ0n) is 4.81. The molecule has 1 rings (SSSR count). The topological polar surface area (TPSA) is 51.9 Å². The van der Waals surface area contributed by atoms with Crippen molar-refractivity contribution in [1.29, 1.82) is 0 Å². The van der Waals surface area contributed by atoms with Crippen molar-refractivity contribution in [3.8, 4) is 0 Å². The summed E-state index contributed by atoms with van der Waals surface area (Å²) in [5.41, 5.74) is 0. The minimum Gasteiger partial charge on any atom is -0.624 e.